The Kier molecular flexibility index (Phi) is 5.34. The van der Waals surface area contributed by atoms with E-state index in [2.05, 4.69) is 46.5 Å². The van der Waals surface area contributed by atoms with Gasteiger partial charge in [0.15, 0.2) is 0 Å². The molecule has 0 fully saturated rings. The number of H-pyrrole nitrogens is 1. The van der Waals surface area contributed by atoms with Crippen LogP contribution in [-0.2, 0) is 0 Å². The van der Waals surface area contributed by atoms with Crippen molar-refractivity contribution in [2.75, 3.05) is 0 Å². The molecule has 3 aromatic heterocycles. The first kappa shape index (κ1) is 19.5. The van der Waals surface area contributed by atoms with Gasteiger partial charge in [0.05, 0.1) is 27.3 Å². The molecule has 4 rings (SSSR count). The van der Waals surface area contributed by atoms with E-state index < -0.39 is 0 Å². The average molecular weight is 423 g/mol. The molecular formula is C22H22N4OS2. The predicted molar refractivity (Wildman–Crippen MR) is 120 cm³/mol. The maximum Gasteiger partial charge on any atom is 0.268 e. The van der Waals surface area contributed by atoms with Gasteiger partial charge >= 0.3 is 0 Å². The molecule has 0 spiro atoms. The number of amides is 1. The van der Waals surface area contributed by atoms with Crippen LogP contribution in [0.4, 0.5) is 0 Å². The summed E-state index contributed by atoms with van der Waals surface area (Å²) < 4.78 is 0. The average Bonchev–Trinajstić information content (AvgIpc) is 3.41. The van der Waals surface area contributed by atoms with Gasteiger partial charge in [0, 0.05) is 22.7 Å². The van der Waals surface area contributed by atoms with E-state index in [4.69, 9.17) is 4.98 Å². The van der Waals surface area contributed by atoms with Gasteiger partial charge in [-0.05, 0) is 33.8 Å². The van der Waals surface area contributed by atoms with E-state index in [1.54, 1.807) is 22.7 Å². The fraction of sp³-hybridized carbons (Fsp3) is 0.227. The molecule has 5 nitrogen and oxygen atoms in total. The number of carbonyl (C=O) groups is 1. The first-order valence-corrected chi connectivity index (χ1v) is 11.1. The summed E-state index contributed by atoms with van der Waals surface area (Å²) in [6.07, 6.45) is 1.82. The van der Waals surface area contributed by atoms with Crippen molar-refractivity contribution in [3.05, 3.63) is 68.7 Å². The highest BCUT2D eigenvalue weighted by molar-refractivity contribution is 7.15. The molecule has 0 saturated heterocycles. The summed E-state index contributed by atoms with van der Waals surface area (Å²) in [4.78, 5) is 26.0. The van der Waals surface area contributed by atoms with Gasteiger partial charge in [-0.15, -0.1) is 22.7 Å². The number of thiazole rings is 2. The van der Waals surface area contributed by atoms with E-state index in [0.717, 1.165) is 37.4 Å². The molecule has 0 aliphatic rings. The minimum absolute atomic E-state index is 0.132. The lowest BCUT2D eigenvalue weighted by atomic mass is 10.2. The number of aromatic amines is 1. The van der Waals surface area contributed by atoms with E-state index >= 15 is 0 Å². The SMILES string of the molecule is Cc1ccc(-c2nc(C)c([C@@H](C)NC(=O)c3cc(-c4csc(C)n4)c[nH]3)s2)cc1. The van der Waals surface area contributed by atoms with Crippen molar-refractivity contribution in [2.24, 2.45) is 0 Å². The van der Waals surface area contributed by atoms with Crippen molar-refractivity contribution in [1.29, 1.82) is 0 Å². The van der Waals surface area contributed by atoms with Gasteiger partial charge in [-0.25, -0.2) is 9.97 Å². The zero-order valence-corrected chi connectivity index (χ0v) is 18.4. The molecule has 0 saturated carbocycles. The van der Waals surface area contributed by atoms with Crippen LogP contribution < -0.4 is 5.32 Å². The summed E-state index contributed by atoms with van der Waals surface area (Å²) in [6, 6.07) is 10.1. The summed E-state index contributed by atoms with van der Waals surface area (Å²) in [6.45, 7) is 8.02. The first-order chi connectivity index (χ1) is 13.9. The number of aromatic nitrogens is 3. The molecule has 148 valence electrons. The third-order valence-electron chi connectivity index (χ3n) is 4.71. The third-order valence-corrected chi connectivity index (χ3v) is 6.88. The highest BCUT2D eigenvalue weighted by Gasteiger charge is 2.19. The van der Waals surface area contributed by atoms with Crippen molar-refractivity contribution in [3.8, 4) is 21.8 Å². The molecule has 0 bridgehead atoms. The van der Waals surface area contributed by atoms with Crippen LogP contribution in [0.15, 0.2) is 41.9 Å². The molecule has 1 amide bonds. The standard InChI is InChI=1S/C22H22N4OS2/c1-12-5-7-16(8-6-12)22-25-14(3)20(29-22)13(2)24-21(27)18-9-17(10-23-18)19-11-28-15(4)26-19/h5-11,13,23H,1-4H3,(H,24,27)/t13-/m1/s1. The normalized spacial score (nSPS) is 12.1. The van der Waals surface area contributed by atoms with Crippen LogP contribution in [0.5, 0.6) is 0 Å². The van der Waals surface area contributed by atoms with Crippen LogP contribution >= 0.6 is 22.7 Å². The predicted octanol–water partition coefficient (Wildman–Crippen LogP) is 5.68. The van der Waals surface area contributed by atoms with E-state index in [1.165, 1.54) is 5.56 Å². The van der Waals surface area contributed by atoms with Crippen LogP contribution in [-0.4, -0.2) is 20.9 Å². The fourth-order valence-corrected chi connectivity index (χ4v) is 4.83. The first-order valence-electron chi connectivity index (χ1n) is 9.37. The Hall–Kier alpha value is -2.77. The second-order valence-corrected chi connectivity index (χ2v) is 9.18. The Labute approximate surface area is 177 Å². The number of benzene rings is 1. The monoisotopic (exact) mass is 422 g/mol. The number of hydrogen-bond acceptors (Lipinski definition) is 5. The Balaban J connectivity index is 1.49. The van der Waals surface area contributed by atoms with Crippen molar-refractivity contribution in [1.82, 2.24) is 20.3 Å². The quantitative estimate of drug-likeness (QED) is 0.435. The highest BCUT2D eigenvalue weighted by atomic mass is 32.1. The van der Waals surface area contributed by atoms with Gasteiger partial charge < -0.3 is 10.3 Å². The Bertz CT molecular complexity index is 1150. The van der Waals surface area contributed by atoms with Crippen molar-refractivity contribution >= 4 is 28.6 Å². The summed E-state index contributed by atoms with van der Waals surface area (Å²) in [5.41, 5.74) is 5.60. The van der Waals surface area contributed by atoms with E-state index in [9.17, 15) is 4.79 Å². The molecule has 1 atom stereocenters. The van der Waals surface area contributed by atoms with Gasteiger partial charge in [0.1, 0.15) is 10.7 Å². The molecular weight excluding hydrogens is 400 g/mol. The number of aryl methyl sites for hydroxylation is 3. The van der Waals surface area contributed by atoms with E-state index in [1.807, 2.05) is 38.4 Å². The summed E-state index contributed by atoms with van der Waals surface area (Å²) in [7, 11) is 0. The van der Waals surface area contributed by atoms with Gasteiger partial charge in [-0.2, -0.15) is 0 Å². The maximum atomic E-state index is 12.7. The molecule has 0 aliphatic heterocycles. The molecule has 0 aliphatic carbocycles. The summed E-state index contributed by atoms with van der Waals surface area (Å²) in [5.74, 6) is -0.139. The second-order valence-electron chi connectivity index (χ2n) is 7.08. The van der Waals surface area contributed by atoms with Gasteiger partial charge in [0.25, 0.3) is 5.91 Å². The summed E-state index contributed by atoms with van der Waals surface area (Å²) in [5, 5.41) is 7.05. The van der Waals surface area contributed by atoms with E-state index in [-0.39, 0.29) is 11.9 Å². The van der Waals surface area contributed by atoms with Crippen LogP contribution in [0, 0.1) is 20.8 Å². The lowest BCUT2D eigenvalue weighted by Crippen LogP contribution is -2.26. The number of nitrogens with zero attached hydrogens (tertiary/aromatic N) is 2. The zero-order chi connectivity index (χ0) is 20.5. The molecule has 2 N–H and O–H groups in total. The van der Waals surface area contributed by atoms with Crippen LogP contribution in [0.25, 0.3) is 21.8 Å². The van der Waals surface area contributed by atoms with Crippen molar-refractivity contribution in [2.45, 2.75) is 33.7 Å². The molecule has 29 heavy (non-hydrogen) atoms. The molecule has 4 aromatic rings. The van der Waals surface area contributed by atoms with Gasteiger partial charge in [-0.1, -0.05) is 29.8 Å². The third kappa shape index (κ3) is 4.16. The molecule has 1 aromatic carbocycles. The molecule has 0 radical (unpaired) electrons. The van der Waals surface area contributed by atoms with E-state index in [0.29, 0.717) is 5.69 Å². The van der Waals surface area contributed by atoms with Crippen molar-refractivity contribution < 1.29 is 4.79 Å². The van der Waals surface area contributed by atoms with Crippen LogP contribution in [0.2, 0.25) is 0 Å². The smallest absolute Gasteiger partial charge is 0.268 e. The minimum atomic E-state index is -0.139. The Morgan fingerprint density at radius 1 is 1.10 bits per heavy atom. The second kappa shape index (κ2) is 7.93. The molecule has 3 heterocycles. The Morgan fingerprint density at radius 2 is 1.86 bits per heavy atom. The lowest BCUT2D eigenvalue weighted by Gasteiger charge is -2.12. The van der Waals surface area contributed by atoms with Crippen molar-refractivity contribution in [3.63, 3.8) is 0 Å². The summed E-state index contributed by atoms with van der Waals surface area (Å²) >= 11 is 3.22. The molecule has 7 heteroatoms. The van der Waals surface area contributed by atoms with Crippen LogP contribution in [0.1, 0.15) is 44.6 Å². The number of hydrogen-bond donors (Lipinski definition) is 2. The van der Waals surface area contributed by atoms with Crippen LogP contribution in [0.3, 0.4) is 0 Å². The topological polar surface area (TPSA) is 70.7 Å². The Morgan fingerprint density at radius 3 is 2.55 bits per heavy atom. The maximum absolute atomic E-state index is 12.7. The fourth-order valence-electron chi connectivity index (χ4n) is 3.14. The number of rotatable bonds is 5. The number of carbonyl (C=O) groups excluding carboxylic acids is 1. The largest absolute Gasteiger partial charge is 0.357 e. The zero-order valence-electron chi connectivity index (χ0n) is 16.7. The number of nitrogens with one attached hydrogen (secondary N) is 2. The highest BCUT2D eigenvalue weighted by Crippen LogP contribution is 2.32. The minimum Gasteiger partial charge on any atom is -0.357 e. The lowest BCUT2D eigenvalue weighted by molar-refractivity contribution is 0.0936. The van der Waals surface area contributed by atoms with Gasteiger partial charge in [-0.3, -0.25) is 4.79 Å². The van der Waals surface area contributed by atoms with Gasteiger partial charge in [0.2, 0.25) is 0 Å². The molecule has 0 unspecified atom stereocenters.